The van der Waals surface area contributed by atoms with E-state index in [4.69, 9.17) is 4.74 Å². The summed E-state index contributed by atoms with van der Waals surface area (Å²) in [7, 11) is 1.62. The third-order valence-electron chi connectivity index (χ3n) is 3.76. The fraction of sp³-hybridized carbons (Fsp3) is 0.571. The lowest BCUT2D eigenvalue weighted by atomic mass is 10.1. The summed E-state index contributed by atoms with van der Waals surface area (Å²) in [5.74, 6) is 0.359. The third-order valence-corrected chi connectivity index (χ3v) is 3.76. The summed E-state index contributed by atoms with van der Waals surface area (Å²) >= 11 is 0. The highest BCUT2D eigenvalue weighted by Gasteiger charge is 2.24. The van der Waals surface area contributed by atoms with Crippen LogP contribution in [0.3, 0.4) is 0 Å². The number of guanidine groups is 1. The smallest absolute Gasteiger partial charge is 0.408 e. The summed E-state index contributed by atoms with van der Waals surface area (Å²) in [6, 6.07) is 9.99. The number of aliphatic imine (C=N–C) groups is 1. The van der Waals surface area contributed by atoms with Gasteiger partial charge in [-0.3, -0.25) is 9.79 Å². The number of nitrogens with one attached hydrogen (secondary N) is 4. The van der Waals surface area contributed by atoms with E-state index in [1.165, 1.54) is 5.56 Å². The van der Waals surface area contributed by atoms with Crippen LogP contribution in [0.15, 0.2) is 35.3 Å². The summed E-state index contributed by atoms with van der Waals surface area (Å²) in [6.45, 7) is 10.3. The van der Waals surface area contributed by atoms with Gasteiger partial charge in [-0.1, -0.05) is 30.3 Å². The summed E-state index contributed by atoms with van der Waals surface area (Å²) in [4.78, 5) is 28.0. The lowest BCUT2D eigenvalue weighted by Crippen LogP contribution is -2.54. The molecule has 0 atom stereocenters. The molecule has 30 heavy (non-hydrogen) atoms. The van der Waals surface area contributed by atoms with E-state index in [0.717, 1.165) is 6.42 Å². The molecule has 0 aliphatic carbocycles. The molecular formula is C21H36IN5O3. The third kappa shape index (κ3) is 13.2. The van der Waals surface area contributed by atoms with Crippen molar-refractivity contribution in [1.82, 2.24) is 21.3 Å². The molecule has 170 valence electrons. The molecule has 1 aromatic carbocycles. The van der Waals surface area contributed by atoms with Crippen molar-refractivity contribution in [1.29, 1.82) is 0 Å². The molecule has 0 bridgehead atoms. The van der Waals surface area contributed by atoms with Crippen LogP contribution in [0, 0.1) is 0 Å². The Morgan fingerprint density at radius 2 is 1.63 bits per heavy atom. The summed E-state index contributed by atoms with van der Waals surface area (Å²) in [5, 5.41) is 11.8. The van der Waals surface area contributed by atoms with Crippen LogP contribution in [-0.2, 0) is 16.0 Å². The first kappa shape index (κ1) is 28.0. The number of ether oxygens (including phenoxy) is 1. The van der Waals surface area contributed by atoms with Crippen LogP contribution in [0.4, 0.5) is 4.79 Å². The average Bonchev–Trinajstić information content (AvgIpc) is 2.60. The van der Waals surface area contributed by atoms with Crippen LogP contribution < -0.4 is 21.3 Å². The lowest BCUT2D eigenvalue weighted by molar-refractivity contribution is -0.119. The van der Waals surface area contributed by atoms with E-state index in [1.54, 1.807) is 7.05 Å². The number of amides is 2. The number of hydrogen-bond donors (Lipinski definition) is 4. The Labute approximate surface area is 197 Å². The van der Waals surface area contributed by atoms with Crippen molar-refractivity contribution in [2.24, 2.45) is 4.99 Å². The van der Waals surface area contributed by atoms with Gasteiger partial charge in [0, 0.05) is 20.1 Å². The maximum Gasteiger partial charge on any atom is 0.408 e. The van der Waals surface area contributed by atoms with Crippen molar-refractivity contribution in [3.8, 4) is 0 Å². The van der Waals surface area contributed by atoms with Gasteiger partial charge in [0.05, 0.1) is 12.1 Å². The van der Waals surface area contributed by atoms with Crippen LogP contribution in [-0.4, -0.2) is 55.8 Å². The maximum atomic E-state index is 12.0. The summed E-state index contributed by atoms with van der Waals surface area (Å²) in [5.41, 5.74) is 0.0506. The number of carbonyl (C=O) groups excluding carboxylic acids is 2. The molecular weight excluding hydrogens is 497 g/mol. The van der Waals surface area contributed by atoms with Gasteiger partial charge >= 0.3 is 6.09 Å². The standard InChI is InChI=1S/C21H35N5O3.HI/c1-20(2,3)29-19(28)26-21(4,5)15-25-18(22-6)24-14-17(27)23-13-12-16-10-8-7-9-11-16;/h7-11H,12-15H2,1-6H3,(H,23,27)(H,26,28)(H2,22,24,25);1H. The van der Waals surface area contributed by atoms with Crippen LogP contribution >= 0.6 is 24.0 Å². The number of hydrogen-bond acceptors (Lipinski definition) is 4. The Morgan fingerprint density at radius 1 is 1.00 bits per heavy atom. The minimum atomic E-state index is -0.572. The molecule has 0 saturated carbocycles. The first-order chi connectivity index (χ1) is 13.5. The zero-order chi connectivity index (χ0) is 21.9. The van der Waals surface area contributed by atoms with Gasteiger partial charge in [0.1, 0.15) is 5.60 Å². The monoisotopic (exact) mass is 533 g/mol. The van der Waals surface area contributed by atoms with Crippen molar-refractivity contribution in [2.75, 3.05) is 26.7 Å². The molecule has 0 spiro atoms. The van der Waals surface area contributed by atoms with Gasteiger partial charge < -0.3 is 26.0 Å². The molecule has 2 amide bonds. The maximum absolute atomic E-state index is 12.0. The van der Waals surface area contributed by atoms with Gasteiger partial charge in [-0.05, 0) is 46.6 Å². The Bertz CT molecular complexity index is 688. The van der Waals surface area contributed by atoms with Crippen LogP contribution in [0.1, 0.15) is 40.2 Å². The first-order valence-electron chi connectivity index (χ1n) is 9.77. The van der Waals surface area contributed by atoms with E-state index in [2.05, 4.69) is 26.3 Å². The molecule has 9 heteroatoms. The molecule has 1 rings (SSSR count). The quantitative estimate of drug-likeness (QED) is 0.234. The number of halogens is 1. The zero-order valence-corrected chi connectivity index (χ0v) is 21.1. The van der Waals surface area contributed by atoms with E-state index in [0.29, 0.717) is 19.0 Å². The predicted octanol–water partition coefficient (Wildman–Crippen LogP) is 2.43. The molecule has 0 unspecified atom stereocenters. The second-order valence-corrected chi connectivity index (χ2v) is 8.38. The van der Waals surface area contributed by atoms with E-state index in [9.17, 15) is 9.59 Å². The fourth-order valence-corrected chi connectivity index (χ4v) is 2.37. The Hall–Kier alpha value is -2.04. The summed E-state index contributed by atoms with van der Waals surface area (Å²) in [6.07, 6.45) is 0.300. The molecule has 0 aliphatic heterocycles. The molecule has 4 N–H and O–H groups in total. The largest absolute Gasteiger partial charge is 0.444 e. The van der Waals surface area contributed by atoms with Gasteiger partial charge in [0.25, 0.3) is 0 Å². The van der Waals surface area contributed by atoms with E-state index in [-0.39, 0.29) is 36.4 Å². The molecule has 8 nitrogen and oxygen atoms in total. The van der Waals surface area contributed by atoms with Crippen molar-refractivity contribution in [2.45, 2.75) is 52.2 Å². The second-order valence-electron chi connectivity index (χ2n) is 8.38. The molecule has 1 aromatic rings. The van der Waals surface area contributed by atoms with Gasteiger partial charge in [-0.15, -0.1) is 24.0 Å². The molecule has 0 heterocycles. The number of benzene rings is 1. The van der Waals surface area contributed by atoms with Gasteiger partial charge in [0.15, 0.2) is 5.96 Å². The number of carbonyl (C=O) groups is 2. The van der Waals surface area contributed by atoms with Crippen LogP contribution in [0.5, 0.6) is 0 Å². The molecule has 0 fully saturated rings. The lowest BCUT2D eigenvalue weighted by Gasteiger charge is -2.29. The van der Waals surface area contributed by atoms with Gasteiger partial charge in [0.2, 0.25) is 5.91 Å². The van der Waals surface area contributed by atoms with Gasteiger partial charge in [-0.2, -0.15) is 0 Å². The highest BCUT2D eigenvalue weighted by Crippen LogP contribution is 2.09. The number of nitrogens with zero attached hydrogens (tertiary/aromatic N) is 1. The molecule has 0 saturated heterocycles. The highest BCUT2D eigenvalue weighted by molar-refractivity contribution is 14.0. The Balaban J connectivity index is 0.00000841. The van der Waals surface area contributed by atoms with E-state index < -0.39 is 17.2 Å². The van der Waals surface area contributed by atoms with E-state index in [1.807, 2.05) is 65.0 Å². The van der Waals surface area contributed by atoms with Crippen molar-refractivity contribution < 1.29 is 14.3 Å². The predicted molar refractivity (Wildman–Crippen MR) is 131 cm³/mol. The zero-order valence-electron chi connectivity index (χ0n) is 18.8. The molecule has 0 aromatic heterocycles. The van der Waals surface area contributed by atoms with Crippen LogP contribution in [0.25, 0.3) is 0 Å². The fourth-order valence-electron chi connectivity index (χ4n) is 2.37. The normalized spacial score (nSPS) is 11.7. The Kier molecular flexibility index (Phi) is 12.4. The second kappa shape index (κ2) is 13.3. The number of alkyl carbamates (subject to hydrolysis) is 1. The minimum Gasteiger partial charge on any atom is -0.444 e. The minimum absolute atomic E-state index is 0. The van der Waals surface area contributed by atoms with Crippen molar-refractivity contribution in [3.05, 3.63) is 35.9 Å². The molecule has 0 radical (unpaired) electrons. The highest BCUT2D eigenvalue weighted by atomic mass is 127. The Morgan fingerprint density at radius 3 is 2.20 bits per heavy atom. The van der Waals surface area contributed by atoms with Crippen molar-refractivity contribution >= 4 is 41.9 Å². The van der Waals surface area contributed by atoms with Crippen LogP contribution in [0.2, 0.25) is 0 Å². The SMILES string of the molecule is CN=C(NCC(=O)NCCc1ccccc1)NCC(C)(C)NC(=O)OC(C)(C)C.I. The summed E-state index contributed by atoms with van der Waals surface area (Å²) < 4.78 is 5.28. The first-order valence-corrected chi connectivity index (χ1v) is 9.77. The number of rotatable bonds is 8. The van der Waals surface area contributed by atoms with Crippen molar-refractivity contribution in [3.63, 3.8) is 0 Å². The molecule has 0 aliphatic rings. The average molecular weight is 533 g/mol. The van der Waals surface area contributed by atoms with Gasteiger partial charge in [-0.25, -0.2) is 4.79 Å². The van der Waals surface area contributed by atoms with E-state index >= 15 is 0 Å². The topological polar surface area (TPSA) is 104 Å².